The molecule has 0 bridgehead atoms. The highest BCUT2D eigenvalue weighted by atomic mass is 35.5. The summed E-state index contributed by atoms with van der Waals surface area (Å²) in [5, 5.41) is 9.99. The molecule has 0 unspecified atom stereocenters. The van der Waals surface area contributed by atoms with Gasteiger partial charge in [-0.25, -0.2) is 4.39 Å². The highest BCUT2D eigenvalue weighted by Gasteiger charge is 2.17. The number of fused-ring (bicyclic) bond motifs is 1. The third-order valence-corrected chi connectivity index (χ3v) is 3.81. The van der Waals surface area contributed by atoms with Gasteiger partial charge in [0.15, 0.2) is 0 Å². The van der Waals surface area contributed by atoms with Crippen molar-refractivity contribution in [2.45, 2.75) is 32.9 Å². The van der Waals surface area contributed by atoms with E-state index in [1.165, 1.54) is 0 Å². The van der Waals surface area contributed by atoms with E-state index >= 15 is 0 Å². The van der Waals surface area contributed by atoms with Crippen LogP contribution >= 0.6 is 24.8 Å². The average molecular weight is 375 g/mol. The second kappa shape index (κ2) is 9.01. The standard InChI is InChI=1S/C16H19FN4O.2ClH/c1-11-8-19-21(10-11)7-5-15(22)20-14-3-2-12-9-18-6-4-13(12)16(14)17;;/h2-3,8,10,18H,4-7,9H2,1H3,(H,20,22);2*1H. The van der Waals surface area contributed by atoms with E-state index in [1.54, 1.807) is 16.9 Å². The molecule has 0 saturated carbocycles. The molecule has 24 heavy (non-hydrogen) atoms. The Labute approximate surface area is 152 Å². The molecular formula is C16H21Cl2FN4O. The van der Waals surface area contributed by atoms with Crippen molar-refractivity contribution in [1.82, 2.24) is 15.1 Å². The van der Waals surface area contributed by atoms with Gasteiger partial charge >= 0.3 is 0 Å². The maximum atomic E-state index is 14.4. The average Bonchev–Trinajstić information content (AvgIpc) is 2.94. The minimum absolute atomic E-state index is 0. The summed E-state index contributed by atoms with van der Waals surface area (Å²) >= 11 is 0. The summed E-state index contributed by atoms with van der Waals surface area (Å²) < 4.78 is 16.1. The van der Waals surface area contributed by atoms with Crippen LogP contribution in [-0.2, 0) is 24.3 Å². The number of hydrogen-bond donors (Lipinski definition) is 2. The predicted octanol–water partition coefficient (Wildman–Crippen LogP) is 2.85. The van der Waals surface area contributed by atoms with E-state index in [0.29, 0.717) is 25.1 Å². The van der Waals surface area contributed by atoms with Crippen molar-refractivity contribution in [3.05, 3.63) is 47.0 Å². The second-order valence-electron chi connectivity index (χ2n) is 5.57. The number of hydrogen-bond acceptors (Lipinski definition) is 3. The molecule has 1 aromatic heterocycles. The Hall–Kier alpha value is -1.63. The van der Waals surface area contributed by atoms with Crippen molar-refractivity contribution in [3.8, 4) is 0 Å². The van der Waals surface area contributed by atoms with E-state index in [4.69, 9.17) is 0 Å². The quantitative estimate of drug-likeness (QED) is 0.864. The zero-order chi connectivity index (χ0) is 15.5. The number of anilines is 1. The molecule has 1 amide bonds. The zero-order valence-electron chi connectivity index (χ0n) is 13.3. The Morgan fingerprint density at radius 2 is 2.21 bits per heavy atom. The Morgan fingerprint density at radius 3 is 2.92 bits per heavy atom. The first-order chi connectivity index (χ1) is 10.6. The summed E-state index contributed by atoms with van der Waals surface area (Å²) in [6, 6.07) is 3.51. The maximum Gasteiger partial charge on any atom is 0.226 e. The smallest absolute Gasteiger partial charge is 0.226 e. The van der Waals surface area contributed by atoms with Crippen LogP contribution in [-0.4, -0.2) is 22.2 Å². The molecule has 5 nitrogen and oxygen atoms in total. The highest BCUT2D eigenvalue weighted by Crippen LogP contribution is 2.24. The number of amides is 1. The molecule has 0 spiro atoms. The van der Waals surface area contributed by atoms with Crippen LogP contribution in [0.1, 0.15) is 23.1 Å². The van der Waals surface area contributed by atoms with Crippen molar-refractivity contribution < 1.29 is 9.18 Å². The monoisotopic (exact) mass is 374 g/mol. The number of halogens is 3. The van der Waals surface area contributed by atoms with E-state index in [9.17, 15) is 9.18 Å². The molecule has 0 radical (unpaired) electrons. The van der Waals surface area contributed by atoms with Gasteiger partial charge in [0.25, 0.3) is 0 Å². The summed E-state index contributed by atoms with van der Waals surface area (Å²) in [5.74, 6) is -0.511. The topological polar surface area (TPSA) is 59.0 Å². The molecule has 132 valence electrons. The molecule has 8 heteroatoms. The number of nitrogens with zero attached hydrogens (tertiary/aromatic N) is 2. The van der Waals surface area contributed by atoms with Gasteiger partial charge < -0.3 is 10.6 Å². The van der Waals surface area contributed by atoms with Crippen LogP contribution in [0.4, 0.5) is 10.1 Å². The number of carbonyl (C=O) groups excluding carboxylic acids is 1. The van der Waals surface area contributed by atoms with Crippen LogP contribution < -0.4 is 10.6 Å². The summed E-state index contributed by atoms with van der Waals surface area (Å²) in [6.45, 7) is 3.87. The van der Waals surface area contributed by atoms with Crippen LogP contribution in [0.3, 0.4) is 0 Å². The second-order valence-corrected chi connectivity index (χ2v) is 5.57. The molecule has 0 fully saturated rings. The number of carbonyl (C=O) groups is 1. The Balaban J connectivity index is 0.00000144. The van der Waals surface area contributed by atoms with E-state index in [1.807, 2.05) is 19.2 Å². The van der Waals surface area contributed by atoms with Gasteiger partial charge in [-0.15, -0.1) is 24.8 Å². The number of aromatic nitrogens is 2. The van der Waals surface area contributed by atoms with Crippen LogP contribution in [0.2, 0.25) is 0 Å². The Kier molecular flexibility index (Phi) is 7.66. The molecule has 1 aromatic carbocycles. The fourth-order valence-corrected chi connectivity index (χ4v) is 2.65. The molecule has 1 aliphatic rings. The maximum absolute atomic E-state index is 14.4. The first-order valence-electron chi connectivity index (χ1n) is 7.43. The van der Waals surface area contributed by atoms with Gasteiger partial charge in [0, 0.05) is 25.7 Å². The van der Waals surface area contributed by atoms with Gasteiger partial charge in [-0.1, -0.05) is 6.07 Å². The lowest BCUT2D eigenvalue weighted by molar-refractivity contribution is -0.116. The van der Waals surface area contributed by atoms with E-state index in [0.717, 1.165) is 17.7 Å². The lowest BCUT2D eigenvalue weighted by Crippen LogP contribution is -2.25. The van der Waals surface area contributed by atoms with Crippen LogP contribution in [0, 0.1) is 12.7 Å². The number of nitrogens with one attached hydrogen (secondary N) is 2. The van der Waals surface area contributed by atoms with Gasteiger partial charge in [-0.3, -0.25) is 9.48 Å². The normalized spacial score (nSPS) is 12.6. The van der Waals surface area contributed by atoms with Crippen molar-refractivity contribution in [2.75, 3.05) is 11.9 Å². The number of aryl methyl sites for hydroxylation is 2. The van der Waals surface area contributed by atoms with Crippen molar-refractivity contribution in [2.24, 2.45) is 0 Å². The minimum atomic E-state index is -0.303. The minimum Gasteiger partial charge on any atom is -0.324 e. The summed E-state index contributed by atoms with van der Waals surface area (Å²) in [5.41, 5.74) is 2.99. The lowest BCUT2D eigenvalue weighted by atomic mass is 9.99. The molecule has 1 aliphatic heterocycles. The first-order valence-corrected chi connectivity index (χ1v) is 7.43. The SMILES string of the molecule is Cc1cnn(CCC(=O)Nc2ccc3c(c2F)CCNC3)c1.Cl.Cl. The molecular weight excluding hydrogens is 354 g/mol. The van der Waals surface area contributed by atoms with Crippen LogP contribution in [0.25, 0.3) is 0 Å². The molecule has 3 rings (SSSR count). The lowest BCUT2D eigenvalue weighted by Gasteiger charge is -2.19. The summed E-state index contributed by atoms with van der Waals surface area (Å²) in [7, 11) is 0. The van der Waals surface area contributed by atoms with Gasteiger partial charge in [0.1, 0.15) is 5.82 Å². The first kappa shape index (κ1) is 20.4. The number of rotatable bonds is 4. The summed E-state index contributed by atoms with van der Waals surface area (Å²) in [4.78, 5) is 12.0. The molecule has 2 heterocycles. The molecule has 2 N–H and O–H groups in total. The fourth-order valence-electron chi connectivity index (χ4n) is 2.65. The van der Waals surface area contributed by atoms with E-state index in [-0.39, 0.29) is 48.6 Å². The van der Waals surface area contributed by atoms with E-state index < -0.39 is 0 Å². The van der Waals surface area contributed by atoms with Crippen molar-refractivity contribution in [3.63, 3.8) is 0 Å². The van der Waals surface area contributed by atoms with E-state index in [2.05, 4.69) is 15.7 Å². The largest absolute Gasteiger partial charge is 0.324 e. The highest BCUT2D eigenvalue weighted by molar-refractivity contribution is 5.91. The van der Waals surface area contributed by atoms with Crippen molar-refractivity contribution in [1.29, 1.82) is 0 Å². The predicted molar refractivity (Wildman–Crippen MR) is 96.5 cm³/mol. The molecule has 2 aromatic rings. The molecule has 0 aliphatic carbocycles. The molecule has 0 saturated heterocycles. The van der Waals surface area contributed by atoms with Crippen molar-refractivity contribution >= 4 is 36.4 Å². The third-order valence-electron chi connectivity index (χ3n) is 3.81. The number of benzene rings is 1. The fraction of sp³-hybridized carbons (Fsp3) is 0.375. The third kappa shape index (κ3) is 4.69. The van der Waals surface area contributed by atoms with Gasteiger partial charge in [0.05, 0.1) is 11.9 Å². The van der Waals surface area contributed by atoms with Gasteiger partial charge in [0.2, 0.25) is 5.91 Å². The van der Waals surface area contributed by atoms with Crippen LogP contribution in [0.5, 0.6) is 0 Å². The Bertz CT molecular complexity index is 705. The zero-order valence-corrected chi connectivity index (χ0v) is 15.0. The van der Waals surface area contributed by atoms with Gasteiger partial charge in [-0.05, 0) is 42.6 Å². The molecule has 0 atom stereocenters. The summed E-state index contributed by atoms with van der Waals surface area (Å²) in [6.07, 6.45) is 4.53. The van der Waals surface area contributed by atoms with Gasteiger partial charge in [-0.2, -0.15) is 5.10 Å². The van der Waals surface area contributed by atoms with Crippen LogP contribution in [0.15, 0.2) is 24.5 Å². The Morgan fingerprint density at radius 1 is 1.42 bits per heavy atom.